The molecule has 2 saturated carbocycles. The van der Waals surface area contributed by atoms with Gasteiger partial charge in [-0.15, -0.1) is 0 Å². The molecule has 0 spiro atoms. The van der Waals surface area contributed by atoms with Gasteiger partial charge < -0.3 is 20.4 Å². The van der Waals surface area contributed by atoms with Gasteiger partial charge in [-0.25, -0.2) is 0 Å². The molecule has 37 heavy (non-hydrogen) atoms. The summed E-state index contributed by atoms with van der Waals surface area (Å²) in [6.07, 6.45) is 0.176. The van der Waals surface area contributed by atoms with Crippen LogP contribution < -0.4 is 0 Å². The molecule has 4 aliphatic carbocycles. The molecule has 10 atom stereocenters. The molecule has 7 heteroatoms. The van der Waals surface area contributed by atoms with Crippen LogP contribution in [-0.2, 0) is 14.4 Å². The molecule has 4 aliphatic rings. The van der Waals surface area contributed by atoms with Crippen LogP contribution in [0.4, 0.5) is 0 Å². The second-order valence-corrected chi connectivity index (χ2v) is 14.1. The Morgan fingerprint density at radius 3 is 2.24 bits per heavy atom. The molecule has 0 heterocycles. The number of allylic oxidation sites excluding steroid dienone is 1. The van der Waals surface area contributed by atoms with Crippen molar-refractivity contribution in [1.82, 2.24) is 0 Å². The van der Waals surface area contributed by atoms with Crippen LogP contribution in [0.5, 0.6) is 0 Å². The number of Topliss-reactive ketones (excluding diaryl/α,β-unsaturated/α-hetero) is 2. The number of hydrogen-bond donors (Lipinski definition) is 4. The topological polar surface area (TPSA) is 132 Å². The van der Waals surface area contributed by atoms with Gasteiger partial charge in [0.05, 0.1) is 24.2 Å². The molecule has 2 fully saturated rings. The smallest absolute Gasteiger partial charge is 0.306 e. The first-order valence-electron chi connectivity index (χ1n) is 14.0. The lowest BCUT2D eigenvalue weighted by Crippen LogP contribution is -2.60. The van der Waals surface area contributed by atoms with Crippen LogP contribution >= 0.6 is 0 Å². The van der Waals surface area contributed by atoms with E-state index in [-0.39, 0.29) is 42.2 Å². The highest BCUT2D eigenvalue weighted by Crippen LogP contribution is 2.71. The molecule has 0 aromatic carbocycles. The van der Waals surface area contributed by atoms with Crippen molar-refractivity contribution in [2.75, 3.05) is 0 Å². The number of aliphatic hydroxyl groups is 3. The first kappa shape index (κ1) is 28.4. The van der Waals surface area contributed by atoms with Gasteiger partial charge >= 0.3 is 5.97 Å². The summed E-state index contributed by atoms with van der Waals surface area (Å²) in [5.74, 6) is -1.69. The number of carbonyl (C=O) groups excluding carboxylic acids is 2. The van der Waals surface area contributed by atoms with Crippen LogP contribution in [0.3, 0.4) is 0 Å². The third-order valence-corrected chi connectivity index (χ3v) is 11.8. The molecule has 0 saturated heterocycles. The van der Waals surface area contributed by atoms with E-state index in [9.17, 15) is 34.8 Å². The van der Waals surface area contributed by atoms with Gasteiger partial charge in [0.2, 0.25) is 0 Å². The molecule has 0 amide bonds. The van der Waals surface area contributed by atoms with Crippen LogP contribution in [-0.4, -0.2) is 56.3 Å². The van der Waals surface area contributed by atoms with Crippen molar-refractivity contribution < 1.29 is 34.8 Å². The highest BCUT2D eigenvalue weighted by atomic mass is 16.4. The summed E-state index contributed by atoms with van der Waals surface area (Å²) in [5.41, 5.74) is -1.27. The van der Waals surface area contributed by atoms with Crippen molar-refractivity contribution in [2.24, 2.45) is 45.3 Å². The fourth-order valence-corrected chi connectivity index (χ4v) is 9.39. The summed E-state index contributed by atoms with van der Waals surface area (Å²) in [7, 11) is 0. The van der Waals surface area contributed by atoms with Gasteiger partial charge in [0.1, 0.15) is 5.78 Å². The number of ketones is 2. The van der Waals surface area contributed by atoms with Gasteiger partial charge in [-0.1, -0.05) is 48.5 Å². The molecule has 4 rings (SSSR count). The third-order valence-electron chi connectivity index (χ3n) is 11.8. The van der Waals surface area contributed by atoms with Crippen molar-refractivity contribution in [2.45, 2.75) is 112 Å². The second kappa shape index (κ2) is 8.99. The molecule has 4 N–H and O–H groups in total. The maximum absolute atomic E-state index is 14.1. The molecule has 0 radical (unpaired) electrons. The maximum Gasteiger partial charge on any atom is 0.306 e. The van der Waals surface area contributed by atoms with E-state index in [0.717, 1.165) is 0 Å². The molecule has 0 bridgehead atoms. The summed E-state index contributed by atoms with van der Waals surface area (Å²) < 4.78 is 0. The zero-order valence-corrected chi connectivity index (χ0v) is 23.5. The summed E-state index contributed by atoms with van der Waals surface area (Å²) in [6, 6.07) is 0. The number of carbonyl (C=O) groups is 3. The van der Waals surface area contributed by atoms with Gasteiger partial charge in [-0.2, -0.15) is 0 Å². The quantitative estimate of drug-likeness (QED) is 0.419. The lowest BCUT2D eigenvalue weighted by Gasteiger charge is -2.61. The van der Waals surface area contributed by atoms with Crippen LogP contribution in [0.2, 0.25) is 0 Å². The predicted octanol–water partition coefficient (Wildman–Crippen LogP) is 3.92. The SMILES string of the molecule is C[C@H](C[C@@H](O)C[C@@H](C)[C@H]1C[C@H](O)[C@@]2(C)C3=C(C(=O)C[C@]12C)[C@@]1(C)CCC(=O)C(C)(C)[C@@H]1C[C@@H]3O)C(=O)O. The zero-order valence-electron chi connectivity index (χ0n) is 23.5. The van der Waals surface area contributed by atoms with E-state index < -0.39 is 51.9 Å². The van der Waals surface area contributed by atoms with Crippen molar-refractivity contribution >= 4 is 17.5 Å². The minimum Gasteiger partial charge on any atom is -0.481 e. The minimum absolute atomic E-state index is 0.0118. The van der Waals surface area contributed by atoms with E-state index in [1.165, 1.54) is 0 Å². The standard InChI is InChI=1S/C30H46O7/c1-15(10-17(31)11-16(2)26(36)37)18-12-23(35)30(7)25-19(32)13-21-27(3,4)22(34)8-9-28(21,5)24(25)20(33)14-29(18,30)6/h15-19,21,23,31-32,35H,8-14H2,1-7H3,(H,36,37)/t15-,16-,17+,18-,19+,21+,23+,28+,29-,30+/m1/s1. The highest BCUT2D eigenvalue weighted by Gasteiger charge is 2.70. The van der Waals surface area contributed by atoms with E-state index in [1.807, 2.05) is 34.6 Å². The monoisotopic (exact) mass is 518 g/mol. The molecular weight excluding hydrogens is 472 g/mol. The number of aliphatic carboxylic acids is 1. The van der Waals surface area contributed by atoms with Gasteiger partial charge in [0.15, 0.2) is 5.78 Å². The molecule has 0 aliphatic heterocycles. The van der Waals surface area contributed by atoms with Gasteiger partial charge in [0, 0.05) is 34.7 Å². The normalized spacial score (nSPS) is 43.5. The largest absolute Gasteiger partial charge is 0.481 e. The zero-order chi connectivity index (χ0) is 27.9. The molecular formula is C30H46O7. The Balaban J connectivity index is 1.74. The van der Waals surface area contributed by atoms with Crippen LogP contribution in [0.15, 0.2) is 11.1 Å². The van der Waals surface area contributed by atoms with Gasteiger partial charge in [-0.05, 0) is 60.8 Å². The van der Waals surface area contributed by atoms with Crippen LogP contribution in [0.25, 0.3) is 0 Å². The van der Waals surface area contributed by atoms with Crippen molar-refractivity contribution in [3.8, 4) is 0 Å². The first-order valence-corrected chi connectivity index (χ1v) is 14.0. The van der Waals surface area contributed by atoms with Crippen molar-refractivity contribution in [1.29, 1.82) is 0 Å². The minimum atomic E-state index is -0.939. The number of rotatable bonds is 6. The number of fused-ring (bicyclic) bond motifs is 4. The maximum atomic E-state index is 14.1. The molecule has 0 aromatic heterocycles. The van der Waals surface area contributed by atoms with Gasteiger partial charge in [-0.3, -0.25) is 14.4 Å². The van der Waals surface area contributed by atoms with E-state index in [2.05, 4.69) is 6.92 Å². The van der Waals surface area contributed by atoms with E-state index in [4.69, 9.17) is 0 Å². The van der Waals surface area contributed by atoms with E-state index >= 15 is 0 Å². The number of carboxylic acid groups (broad SMARTS) is 1. The summed E-state index contributed by atoms with van der Waals surface area (Å²) in [5, 5.41) is 43.1. The summed E-state index contributed by atoms with van der Waals surface area (Å²) >= 11 is 0. The van der Waals surface area contributed by atoms with E-state index in [1.54, 1.807) is 6.92 Å². The Labute approximate surface area is 220 Å². The lowest BCUT2D eigenvalue weighted by molar-refractivity contribution is -0.146. The Bertz CT molecular complexity index is 1030. The lowest BCUT2D eigenvalue weighted by atomic mass is 9.42. The number of carboxylic acids is 1. The van der Waals surface area contributed by atoms with Gasteiger partial charge in [0.25, 0.3) is 0 Å². The Kier molecular flexibility index (Phi) is 6.91. The van der Waals surface area contributed by atoms with E-state index in [0.29, 0.717) is 43.3 Å². The Morgan fingerprint density at radius 2 is 1.65 bits per heavy atom. The highest BCUT2D eigenvalue weighted by molar-refractivity contribution is 6.01. The average Bonchev–Trinajstić information content (AvgIpc) is 2.99. The molecule has 208 valence electrons. The Morgan fingerprint density at radius 1 is 1.03 bits per heavy atom. The molecule has 0 aromatic rings. The fourth-order valence-electron chi connectivity index (χ4n) is 9.39. The summed E-state index contributed by atoms with van der Waals surface area (Å²) in [6.45, 7) is 13.6. The van der Waals surface area contributed by atoms with Crippen LogP contribution in [0.1, 0.15) is 93.4 Å². The molecule has 7 nitrogen and oxygen atoms in total. The molecule has 0 unspecified atom stereocenters. The third kappa shape index (κ3) is 3.89. The first-order chi connectivity index (χ1) is 16.9. The average molecular weight is 519 g/mol. The predicted molar refractivity (Wildman–Crippen MR) is 138 cm³/mol. The second-order valence-electron chi connectivity index (χ2n) is 14.1. The fraction of sp³-hybridized carbons (Fsp3) is 0.833. The summed E-state index contributed by atoms with van der Waals surface area (Å²) in [4.78, 5) is 38.2. The van der Waals surface area contributed by atoms with Crippen molar-refractivity contribution in [3.05, 3.63) is 11.1 Å². The number of aliphatic hydroxyl groups excluding tert-OH is 3. The van der Waals surface area contributed by atoms with Crippen LogP contribution in [0, 0.1) is 45.3 Å². The number of hydrogen-bond acceptors (Lipinski definition) is 6. The van der Waals surface area contributed by atoms with Crippen molar-refractivity contribution in [3.63, 3.8) is 0 Å². The Hall–Kier alpha value is -1.57.